The van der Waals surface area contributed by atoms with Crippen molar-refractivity contribution in [3.05, 3.63) is 64.5 Å². The van der Waals surface area contributed by atoms with E-state index in [0.717, 1.165) is 32.3 Å². The third-order valence-corrected chi connectivity index (χ3v) is 6.50. The molecule has 1 atom stereocenters. The summed E-state index contributed by atoms with van der Waals surface area (Å²) < 4.78 is 5.18. The summed E-state index contributed by atoms with van der Waals surface area (Å²) in [7, 11) is 1.60. The van der Waals surface area contributed by atoms with Gasteiger partial charge in [0.1, 0.15) is 17.8 Å². The molecule has 0 spiro atoms. The molecule has 0 aliphatic carbocycles. The third kappa shape index (κ3) is 4.31. The van der Waals surface area contributed by atoms with Gasteiger partial charge in [-0.3, -0.25) is 14.5 Å². The van der Waals surface area contributed by atoms with Gasteiger partial charge < -0.3 is 15.4 Å². The molecule has 4 amide bonds. The highest BCUT2D eigenvalue weighted by Gasteiger charge is 2.49. The molecule has 1 aromatic heterocycles. The molecule has 1 fully saturated rings. The van der Waals surface area contributed by atoms with Gasteiger partial charge in [0.2, 0.25) is 5.91 Å². The van der Waals surface area contributed by atoms with Crippen LogP contribution in [0.1, 0.15) is 22.9 Å². The van der Waals surface area contributed by atoms with Crippen LogP contribution in [0.15, 0.2) is 48.5 Å². The molecule has 1 aliphatic heterocycles. The van der Waals surface area contributed by atoms with Crippen LogP contribution in [-0.2, 0) is 15.1 Å². The Kier molecular flexibility index (Phi) is 5.90. The highest BCUT2D eigenvalue weighted by Crippen LogP contribution is 2.32. The van der Waals surface area contributed by atoms with E-state index in [0.29, 0.717) is 10.7 Å². The zero-order chi connectivity index (χ0) is 23.8. The quantitative estimate of drug-likeness (QED) is 0.540. The summed E-state index contributed by atoms with van der Waals surface area (Å²) in [6, 6.07) is 14.2. The van der Waals surface area contributed by atoms with E-state index in [1.165, 1.54) is 11.3 Å². The number of thiazole rings is 1. The molecule has 1 unspecified atom stereocenters. The van der Waals surface area contributed by atoms with E-state index in [4.69, 9.17) is 4.74 Å². The number of rotatable bonds is 6. The standard InChI is InChI=1S/C24H24N4O4S/c1-14-5-9-17(10-6-14)24(3)21(30)28(23(31)27-24)13-19(29)25-22-26-20(15(2)33-22)16-7-11-18(32-4)12-8-16/h5-12H,13H2,1-4H3,(H,27,31)(H,25,26,29). The summed E-state index contributed by atoms with van der Waals surface area (Å²) in [5.74, 6) is -0.228. The van der Waals surface area contributed by atoms with E-state index in [-0.39, 0.29) is 0 Å². The van der Waals surface area contributed by atoms with Crippen LogP contribution in [0.2, 0.25) is 0 Å². The Balaban J connectivity index is 1.46. The number of nitrogens with one attached hydrogen (secondary N) is 2. The van der Waals surface area contributed by atoms with Crippen molar-refractivity contribution in [2.45, 2.75) is 26.3 Å². The lowest BCUT2D eigenvalue weighted by atomic mass is 9.91. The van der Waals surface area contributed by atoms with E-state index in [2.05, 4.69) is 15.6 Å². The van der Waals surface area contributed by atoms with Crippen molar-refractivity contribution in [1.82, 2.24) is 15.2 Å². The topological polar surface area (TPSA) is 101 Å². The average molecular weight is 465 g/mol. The number of nitrogens with zero attached hydrogens (tertiary/aromatic N) is 2. The van der Waals surface area contributed by atoms with Crippen molar-refractivity contribution in [2.75, 3.05) is 19.0 Å². The molecule has 33 heavy (non-hydrogen) atoms. The van der Waals surface area contributed by atoms with Crippen LogP contribution in [-0.4, -0.2) is 41.4 Å². The molecule has 0 radical (unpaired) electrons. The van der Waals surface area contributed by atoms with E-state index >= 15 is 0 Å². The number of carbonyl (C=O) groups is 3. The SMILES string of the molecule is COc1ccc(-c2nc(NC(=O)CN3C(=O)NC(C)(c4ccc(C)cc4)C3=O)sc2C)cc1. The number of anilines is 1. The van der Waals surface area contributed by atoms with Crippen LogP contribution in [0, 0.1) is 13.8 Å². The van der Waals surface area contributed by atoms with Gasteiger partial charge in [0, 0.05) is 10.4 Å². The summed E-state index contributed by atoms with van der Waals surface area (Å²) in [6.07, 6.45) is 0. The number of hydrogen-bond acceptors (Lipinski definition) is 6. The number of aryl methyl sites for hydroxylation is 2. The molecular formula is C24H24N4O4S. The highest BCUT2D eigenvalue weighted by atomic mass is 32.1. The van der Waals surface area contributed by atoms with Gasteiger partial charge in [-0.15, -0.1) is 11.3 Å². The smallest absolute Gasteiger partial charge is 0.325 e. The fraction of sp³-hybridized carbons (Fsp3) is 0.250. The number of methoxy groups -OCH3 is 1. The second kappa shape index (κ2) is 8.67. The van der Waals surface area contributed by atoms with E-state index in [1.54, 1.807) is 26.2 Å². The van der Waals surface area contributed by atoms with Crippen molar-refractivity contribution in [2.24, 2.45) is 0 Å². The summed E-state index contributed by atoms with van der Waals surface area (Å²) in [4.78, 5) is 44.6. The molecule has 9 heteroatoms. The summed E-state index contributed by atoms with van der Waals surface area (Å²) in [5, 5.41) is 5.82. The Morgan fingerprint density at radius 1 is 1.12 bits per heavy atom. The van der Waals surface area contributed by atoms with E-state index in [1.807, 2.05) is 50.2 Å². The van der Waals surface area contributed by atoms with E-state index < -0.39 is 29.9 Å². The summed E-state index contributed by atoms with van der Waals surface area (Å²) in [6.45, 7) is 5.10. The number of hydrogen-bond donors (Lipinski definition) is 2. The Hall–Kier alpha value is -3.72. The highest BCUT2D eigenvalue weighted by molar-refractivity contribution is 7.16. The zero-order valence-corrected chi connectivity index (χ0v) is 19.6. The van der Waals surface area contributed by atoms with Crippen molar-refractivity contribution in [3.8, 4) is 17.0 Å². The number of ether oxygens (including phenoxy) is 1. The fourth-order valence-corrected chi connectivity index (χ4v) is 4.54. The summed E-state index contributed by atoms with van der Waals surface area (Å²) in [5.41, 5.74) is 2.13. The monoisotopic (exact) mass is 464 g/mol. The predicted octanol–water partition coefficient (Wildman–Crippen LogP) is 3.84. The molecule has 4 rings (SSSR count). The van der Waals surface area contributed by atoms with Gasteiger partial charge in [0.15, 0.2) is 5.13 Å². The second-order valence-electron chi connectivity index (χ2n) is 8.01. The van der Waals surface area contributed by atoms with E-state index in [9.17, 15) is 14.4 Å². The first kappa shape index (κ1) is 22.5. The zero-order valence-electron chi connectivity index (χ0n) is 18.8. The Morgan fingerprint density at radius 2 is 1.79 bits per heavy atom. The lowest BCUT2D eigenvalue weighted by molar-refractivity contribution is -0.133. The molecular weight excluding hydrogens is 440 g/mol. The third-order valence-electron chi connectivity index (χ3n) is 5.61. The molecule has 1 saturated heterocycles. The first-order chi connectivity index (χ1) is 15.7. The minimum atomic E-state index is -1.22. The maximum Gasteiger partial charge on any atom is 0.325 e. The largest absolute Gasteiger partial charge is 0.497 e. The van der Waals surface area contributed by atoms with Gasteiger partial charge in [-0.25, -0.2) is 9.78 Å². The maximum atomic E-state index is 13.0. The number of benzene rings is 2. The second-order valence-corrected chi connectivity index (χ2v) is 9.22. The number of imide groups is 1. The van der Waals surface area contributed by atoms with Gasteiger partial charge in [-0.05, 0) is 50.6 Å². The first-order valence-electron chi connectivity index (χ1n) is 10.3. The minimum Gasteiger partial charge on any atom is -0.497 e. The molecule has 0 saturated carbocycles. The van der Waals surface area contributed by atoms with Crippen LogP contribution >= 0.6 is 11.3 Å². The average Bonchev–Trinajstić information content (AvgIpc) is 3.26. The van der Waals surface area contributed by atoms with Crippen LogP contribution in [0.5, 0.6) is 5.75 Å². The van der Waals surface area contributed by atoms with Gasteiger partial charge in [0.25, 0.3) is 5.91 Å². The van der Waals surface area contributed by atoms with Crippen molar-refractivity contribution >= 4 is 34.3 Å². The molecule has 3 aromatic rings. The Labute approximate surface area is 195 Å². The molecule has 8 nitrogen and oxygen atoms in total. The Morgan fingerprint density at radius 3 is 2.42 bits per heavy atom. The summed E-state index contributed by atoms with van der Waals surface area (Å²) >= 11 is 1.33. The van der Waals surface area contributed by atoms with Crippen molar-refractivity contribution in [1.29, 1.82) is 0 Å². The number of amides is 4. The van der Waals surface area contributed by atoms with Crippen molar-refractivity contribution < 1.29 is 19.1 Å². The van der Waals surface area contributed by atoms with Crippen LogP contribution in [0.25, 0.3) is 11.3 Å². The molecule has 2 N–H and O–H groups in total. The molecule has 1 aliphatic rings. The number of urea groups is 1. The lowest BCUT2D eigenvalue weighted by Crippen LogP contribution is -2.42. The lowest BCUT2D eigenvalue weighted by Gasteiger charge is -2.22. The maximum absolute atomic E-state index is 13.0. The number of carbonyl (C=O) groups excluding carboxylic acids is 3. The van der Waals surface area contributed by atoms with Crippen LogP contribution in [0.3, 0.4) is 0 Å². The fourth-order valence-electron chi connectivity index (χ4n) is 3.69. The van der Waals surface area contributed by atoms with Gasteiger partial charge in [0.05, 0.1) is 12.8 Å². The van der Waals surface area contributed by atoms with Gasteiger partial charge in [-0.2, -0.15) is 0 Å². The Bertz CT molecular complexity index is 1220. The normalized spacial score (nSPS) is 17.8. The molecule has 0 bridgehead atoms. The minimum absolute atomic E-state index is 0.400. The van der Waals surface area contributed by atoms with Crippen molar-refractivity contribution in [3.63, 3.8) is 0 Å². The predicted molar refractivity (Wildman–Crippen MR) is 126 cm³/mol. The van der Waals surface area contributed by atoms with Gasteiger partial charge >= 0.3 is 6.03 Å². The first-order valence-corrected chi connectivity index (χ1v) is 11.2. The number of aromatic nitrogens is 1. The molecule has 2 heterocycles. The molecule has 170 valence electrons. The van der Waals surface area contributed by atoms with Crippen LogP contribution < -0.4 is 15.4 Å². The van der Waals surface area contributed by atoms with Gasteiger partial charge in [-0.1, -0.05) is 29.8 Å². The van der Waals surface area contributed by atoms with Crippen LogP contribution in [0.4, 0.5) is 9.93 Å². The molecule has 2 aromatic carbocycles.